The van der Waals surface area contributed by atoms with Crippen LogP contribution in [-0.4, -0.2) is 46.0 Å². The number of hydrogen-bond acceptors (Lipinski definition) is 4. The first kappa shape index (κ1) is 16.2. The topological polar surface area (TPSA) is 78.5 Å². The summed E-state index contributed by atoms with van der Waals surface area (Å²) in [4.78, 5) is 21.6. The van der Waals surface area contributed by atoms with Crippen LogP contribution in [0.4, 0.5) is 0 Å². The molecule has 7 heteroatoms. The molecule has 2 aromatic heterocycles. The Morgan fingerprint density at radius 3 is 3.20 bits per heavy atom. The van der Waals surface area contributed by atoms with Gasteiger partial charge in [-0.2, -0.15) is 0 Å². The number of rotatable bonds is 2. The minimum absolute atomic E-state index is 0.169. The van der Waals surface area contributed by atoms with Gasteiger partial charge in [0.25, 0.3) is 0 Å². The molecule has 0 bridgehead atoms. The first-order chi connectivity index (χ1) is 12.1. The molecule has 0 aromatic carbocycles. The van der Waals surface area contributed by atoms with Gasteiger partial charge < -0.3 is 19.6 Å². The van der Waals surface area contributed by atoms with Crippen molar-refractivity contribution >= 4 is 29.6 Å². The molecule has 1 saturated heterocycles. The van der Waals surface area contributed by atoms with Crippen LogP contribution in [0.1, 0.15) is 32.3 Å². The highest BCUT2D eigenvalue weighted by Crippen LogP contribution is 2.43. The molecule has 4 heterocycles. The Morgan fingerprint density at radius 2 is 2.40 bits per heavy atom. The molecular weight excluding hydrogens is 317 g/mol. The van der Waals surface area contributed by atoms with Crippen LogP contribution in [-0.2, 0) is 4.79 Å². The monoisotopic (exact) mass is 339 g/mol. The van der Waals surface area contributed by atoms with Crippen molar-refractivity contribution in [2.24, 2.45) is 11.8 Å². The van der Waals surface area contributed by atoms with Crippen molar-refractivity contribution in [3.63, 3.8) is 0 Å². The van der Waals surface area contributed by atoms with Gasteiger partial charge >= 0.3 is 7.12 Å². The Labute approximate surface area is 147 Å². The highest BCUT2D eigenvalue weighted by atomic mass is 16.5. The molecule has 2 atom stereocenters. The van der Waals surface area contributed by atoms with Gasteiger partial charge in [-0.25, -0.2) is 4.98 Å². The SMILES string of the molecule is CCC(=O)N1CC[C@@H](C)[C@@H](C2=CB(O)Oc3cnc4[nH]ccc4c32)C1. The molecule has 0 unspecified atom stereocenters. The van der Waals surface area contributed by atoms with Crippen LogP contribution in [0.15, 0.2) is 24.4 Å². The smallest absolute Gasteiger partial charge is 0.531 e. The van der Waals surface area contributed by atoms with Crippen molar-refractivity contribution in [1.82, 2.24) is 14.9 Å². The Bertz CT molecular complexity index is 847. The zero-order valence-electron chi connectivity index (χ0n) is 14.5. The standard InChI is InChI=1S/C18H22BN3O3/c1-3-16(23)22-7-5-11(2)14(10-22)13-8-19(24)25-15-9-21-18-12(17(13)15)4-6-20-18/h4,6,8-9,11,14,24H,3,5,7,10H2,1-2H3,(H,20,21)/t11-,14+/m1/s1. The third kappa shape index (κ3) is 2.72. The van der Waals surface area contributed by atoms with Gasteiger partial charge in [-0.3, -0.25) is 4.79 Å². The Hall–Kier alpha value is -2.28. The number of carbonyl (C=O) groups excluding carboxylic acids is 1. The average Bonchev–Trinajstić information content (AvgIpc) is 3.09. The molecule has 6 nitrogen and oxygen atoms in total. The third-order valence-electron chi connectivity index (χ3n) is 5.42. The summed E-state index contributed by atoms with van der Waals surface area (Å²) in [7, 11) is -0.981. The second-order valence-corrected chi connectivity index (χ2v) is 6.93. The molecule has 0 spiro atoms. The first-order valence-electron chi connectivity index (χ1n) is 8.89. The zero-order chi connectivity index (χ0) is 17.6. The molecule has 1 amide bonds. The Kier molecular flexibility index (Phi) is 4.03. The fourth-order valence-corrected chi connectivity index (χ4v) is 4.01. The summed E-state index contributed by atoms with van der Waals surface area (Å²) in [6, 6.07) is 1.98. The Morgan fingerprint density at radius 1 is 1.56 bits per heavy atom. The normalized spacial score (nSPS) is 23.2. The molecular formula is C18H22BN3O3. The lowest BCUT2D eigenvalue weighted by Gasteiger charge is -2.39. The summed E-state index contributed by atoms with van der Waals surface area (Å²) in [6.45, 7) is 5.60. The maximum Gasteiger partial charge on any atom is 0.552 e. The summed E-state index contributed by atoms with van der Waals surface area (Å²) < 4.78 is 5.58. The fourth-order valence-electron chi connectivity index (χ4n) is 4.01. The number of amides is 1. The molecule has 2 aliphatic heterocycles. The van der Waals surface area contributed by atoms with Crippen molar-refractivity contribution in [2.75, 3.05) is 13.1 Å². The molecule has 4 rings (SSSR count). The van der Waals surface area contributed by atoms with Gasteiger partial charge in [0, 0.05) is 42.6 Å². The molecule has 130 valence electrons. The third-order valence-corrected chi connectivity index (χ3v) is 5.42. The van der Waals surface area contributed by atoms with Gasteiger partial charge in [0.15, 0.2) is 0 Å². The minimum atomic E-state index is -0.981. The van der Waals surface area contributed by atoms with Crippen LogP contribution in [0.5, 0.6) is 5.75 Å². The number of hydrogen-bond donors (Lipinski definition) is 2. The van der Waals surface area contributed by atoms with Gasteiger partial charge in [0.1, 0.15) is 11.4 Å². The average molecular weight is 339 g/mol. The van der Waals surface area contributed by atoms with Crippen LogP contribution < -0.4 is 4.65 Å². The molecule has 0 saturated carbocycles. The molecule has 2 aliphatic rings. The van der Waals surface area contributed by atoms with Crippen LogP contribution in [0.2, 0.25) is 0 Å². The van der Waals surface area contributed by atoms with Gasteiger partial charge in [-0.05, 0) is 30.0 Å². The van der Waals surface area contributed by atoms with E-state index in [2.05, 4.69) is 16.9 Å². The number of likely N-dealkylation sites (tertiary alicyclic amines) is 1. The van der Waals surface area contributed by atoms with E-state index < -0.39 is 7.12 Å². The van der Waals surface area contributed by atoms with Gasteiger partial charge in [-0.15, -0.1) is 0 Å². The summed E-state index contributed by atoms with van der Waals surface area (Å²) in [5.41, 5.74) is 2.84. The molecule has 0 aliphatic carbocycles. The minimum Gasteiger partial charge on any atom is -0.531 e. The number of piperidine rings is 1. The summed E-state index contributed by atoms with van der Waals surface area (Å²) >= 11 is 0. The number of nitrogens with zero attached hydrogens (tertiary/aromatic N) is 2. The molecule has 25 heavy (non-hydrogen) atoms. The van der Waals surface area contributed by atoms with Crippen molar-refractivity contribution < 1.29 is 14.5 Å². The number of H-pyrrole nitrogens is 1. The number of nitrogens with one attached hydrogen (secondary N) is 1. The lowest BCUT2D eigenvalue weighted by atomic mass is 9.72. The van der Waals surface area contributed by atoms with E-state index >= 15 is 0 Å². The van der Waals surface area contributed by atoms with E-state index in [-0.39, 0.29) is 11.8 Å². The maximum atomic E-state index is 12.2. The molecule has 0 radical (unpaired) electrons. The zero-order valence-corrected chi connectivity index (χ0v) is 14.5. The maximum absolute atomic E-state index is 12.2. The molecule has 1 fully saturated rings. The van der Waals surface area contributed by atoms with Gasteiger partial charge in [-0.1, -0.05) is 13.8 Å². The van der Waals surface area contributed by atoms with E-state index in [9.17, 15) is 9.82 Å². The van der Waals surface area contributed by atoms with E-state index in [1.54, 1.807) is 12.2 Å². The van der Waals surface area contributed by atoms with Crippen LogP contribution >= 0.6 is 0 Å². The summed E-state index contributed by atoms with van der Waals surface area (Å²) in [5, 5.41) is 11.2. The summed E-state index contributed by atoms with van der Waals surface area (Å²) in [5.74, 6) is 3.17. The Balaban J connectivity index is 1.78. The van der Waals surface area contributed by atoms with E-state index in [0.717, 1.165) is 35.1 Å². The quantitative estimate of drug-likeness (QED) is 0.823. The fraction of sp³-hybridized carbons (Fsp3) is 0.444. The molecule has 2 aromatic rings. The van der Waals surface area contributed by atoms with E-state index in [1.807, 2.05) is 24.1 Å². The number of aromatic nitrogens is 2. The van der Waals surface area contributed by atoms with Gasteiger partial charge in [0.05, 0.1) is 6.20 Å². The van der Waals surface area contributed by atoms with Crippen molar-refractivity contribution in [1.29, 1.82) is 0 Å². The highest BCUT2D eigenvalue weighted by molar-refractivity contribution is 6.52. The first-order valence-corrected chi connectivity index (χ1v) is 8.89. The van der Waals surface area contributed by atoms with E-state index in [0.29, 0.717) is 24.6 Å². The van der Waals surface area contributed by atoms with E-state index in [1.165, 1.54) is 0 Å². The second kappa shape index (κ2) is 6.22. The van der Waals surface area contributed by atoms with Crippen molar-refractivity contribution in [3.8, 4) is 5.75 Å². The van der Waals surface area contributed by atoms with Crippen LogP contribution in [0, 0.1) is 11.8 Å². The largest absolute Gasteiger partial charge is 0.552 e. The number of fused-ring (bicyclic) bond motifs is 3. The van der Waals surface area contributed by atoms with E-state index in [4.69, 9.17) is 4.65 Å². The van der Waals surface area contributed by atoms with Crippen LogP contribution in [0.25, 0.3) is 16.6 Å². The lowest BCUT2D eigenvalue weighted by molar-refractivity contribution is -0.132. The lowest BCUT2D eigenvalue weighted by Crippen LogP contribution is -2.44. The summed E-state index contributed by atoms with van der Waals surface area (Å²) in [6.07, 6.45) is 5.00. The van der Waals surface area contributed by atoms with Crippen LogP contribution in [0.3, 0.4) is 0 Å². The predicted molar refractivity (Wildman–Crippen MR) is 96.8 cm³/mol. The van der Waals surface area contributed by atoms with Crippen molar-refractivity contribution in [2.45, 2.75) is 26.7 Å². The second-order valence-electron chi connectivity index (χ2n) is 6.93. The predicted octanol–water partition coefficient (Wildman–Crippen LogP) is 2.25. The molecule has 2 N–H and O–H groups in total. The van der Waals surface area contributed by atoms with Gasteiger partial charge in [0.2, 0.25) is 5.91 Å². The number of carbonyl (C=O) groups is 1. The highest BCUT2D eigenvalue weighted by Gasteiger charge is 2.36. The number of aromatic amines is 1. The number of pyridine rings is 1. The van der Waals surface area contributed by atoms with Crippen molar-refractivity contribution in [3.05, 3.63) is 30.0 Å².